The van der Waals surface area contributed by atoms with E-state index >= 15 is 0 Å². The molecule has 170 valence electrons. The summed E-state index contributed by atoms with van der Waals surface area (Å²) in [6, 6.07) is 8.25. The Bertz CT molecular complexity index is 1180. The first-order valence-electron chi connectivity index (χ1n) is 8.42. The molecule has 1 aromatic heterocycles. The van der Waals surface area contributed by atoms with Gasteiger partial charge in [0.25, 0.3) is 5.91 Å². The lowest BCUT2D eigenvalue weighted by atomic mass is 9.95. The van der Waals surface area contributed by atoms with E-state index in [4.69, 9.17) is 0 Å². The molecule has 0 radical (unpaired) electrons. The predicted octanol–water partition coefficient (Wildman–Crippen LogP) is 6.97. The molecule has 1 amide bonds. The summed E-state index contributed by atoms with van der Waals surface area (Å²) in [6.45, 7) is 0. The first kappa shape index (κ1) is 24.8. The van der Waals surface area contributed by atoms with Crippen molar-refractivity contribution < 1.29 is 35.9 Å². The number of nitrogens with zero attached hydrogens (tertiary/aromatic N) is 1. The number of rotatable bonds is 4. The molecule has 0 aliphatic rings. The van der Waals surface area contributed by atoms with Gasteiger partial charge >= 0.3 is 16.7 Å². The Balaban J connectivity index is 1.99. The molecule has 1 unspecified atom stereocenters. The second kappa shape index (κ2) is 8.49. The lowest BCUT2D eigenvalue weighted by molar-refractivity contribution is -0.577. The van der Waals surface area contributed by atoms with Gasteiger partial charge in [-0.15, -0.1) is 0 Å². The fraction of sp³-hybridized carbons (Fsp3) is 0.158. The number of fused-ring (bicyclic) bond motifs is 1. The topological polar surface area (TPSA) is 56.0 Å². The summed E-state index contributed by atoms with van der Waals surface area (Å²) in [5.41, 5.74) is -6.14. The molecule has 0 saturated carbocycles. The summed E-state index contributed by atoms with van der Waals surface area (Å²) in [5, 5.41) is 14.6. The number of alkyl halides is 7. The Hall–Kier alpha value is -1.86. The molecule has 0 saturated heterocycles. The number of carbonyl (C=O) groups is 1. The third kappa shape index (κ3) is 4.34. The van der Waals surface area contributed by atoms with E-state index < -0.39 is 28.1 Å². The van der Waals surface area contributed by atoms with Crippen molar-refractivity contribution in [1.29, 1.82) is 0 Å². The molecule has 1 heterocycles. The zero-order valence-corrected chi connectivity index (χ0v) is 20.0. The molecule has 1 N–H and O–H groups in total. The zero-order valence-electron chi connectivity index (χ0n) is 15.3. The van der Waals surface area contributed by atoms with Crippen LogP contribution in [0.15, 0.2) is 57.6 Å². The maximum atomic E-state index is 14.7. The molecule has 1 atom stereocenters. The van der Waals surface area contributed by atoms with Gasteiger partial charge in [-0.05, 0) is 78.1 Å². The van der Waals surface area contributed by atoms with Crippen LogP contribution in [-0.2, 0) is 5.67 Å². The minimum atomic E-state index is -5.95. The zero-order chi connectivity index (χ0) is 24.1. The van der Waals surface area contributed by atoms with Crippen LogP contribution in [0.25, 0.3) is 10.9 Å². The Kier molecular flexibility index (Phi) is 6.57. The molecular formula is C19H9Br3F6N2O2. The monoisotopic (exact) mass is 648 g/mol. The fourth-order valence-electron chi connectivity index (χ4n) is 2.90. The quantitative estimate of drug-likeness (QED) is 0.144. The van der Waals surface area contributed by atoms with Crippen LogP contribution in [0.4, 0.5) is 32.0 Å². The highest BCUT2D eigenvalue weighted by Crippen LogP contribution is 2.56. The molecule has 2 aromatic carbocycles. The van der Waals surface area contributed by atoms with Crippen LogP contribution < -0.4 is 10.0 Å². The van der Waals surface area contributed by atoms with E-state index in [0.717, 1.165) is 0 Å². The van der Waals surface area contributed by atoms with Gasteiger partial charge in [0.2, 0.25) is 5.52 Å². The lowest BCUT2D eigenvalue weighted by Gasteiger charge is -2.32. The van der Waals surface area contributed by atoms with Gasteiger partial charge in [-0.1, -0.05) is 0 Å². The molecule has 0 fully saturated rings. The number of pyridine rings is 1. The fourth-order valence-corrected chi connectivity index (χ4v) is 4.74. The molecular weight excluding hydrogens is 642 g/mol. The molecule has 3 aromatic rings. The maximum absolute atomic E-state index is 14.7. The van der Waals surface area contributed by atoms with Gasteiger partial charge in [0.15, 0.2) is 6.20 Å². The number of benzene rings is 2. The summed E-state index contributed by atoms with van der Waals surface area (Å²) >= 11 is 7.27. The third-order valence-corrected chi connectivity index (χ3v) is 6.28. The SMILES string of the molecule is O=C(Nc1c(Br)cc(C(F)(C(F)(F)F)C(F)(F)Br)cc1Br)c1ccc2c(ccc[n+]2[O-])c1. The van der Waals surface area contributed by atoms with Gasteiger partial charge < -0.3 is 10.5 Å². The molecule has 32 heavy (non-hydrogen) atoms. The average Bonchev–Trinajstić information content (AvgIpc) is 2.68. The van der Waals surface area contributed by atoms with Crippen LogP contribution in [-0.4, -0.2) is 16.9 Å². The number of carbonyl (C=O) groups excluding carboxylic acids is 1. The molecule has 0 bridgehead atoms. The smallest absolute Gasteiger partial charge is 0.433 e. The summed E-state index contributed by atoms with van der Waals surface area (Å²) < 4.78 is 81.6. The van der Waals surface area contributed by atoms with Crippen LogP contribution in [0, 0.1) is 5.21 Å². The van der Waals surface area contributed by atoms with Crippen molar-refractivity contribution in [2.45, 2.75) is 16.7 Å². The van der Waals surface area contributed by atoms with E-state index in [1.807, 2.05) is 0 Å². The van der Waals surface area contributed by atoms with Crippen LogP contribution >= 0.6 is 47.8 Å². The average molecular weight is 651 g/mol. The summed E-state index contributed by atoms with van der Waals surface area (Å²) in [4.78, 5) is 7.66. The minimum Gasteiger partial charge on any atom is -0.618 e. The largest absolute Gasteiger partial charge is 0.618 e. The van der Waals surface area contributed by atoms with Crippen molar-refractivity contribution in [3.63, 3.8) is 0 Å². The summed E-state index contributed by atoms with van der Waals surface area (Å²) in [6.07, 6.45) is -4.67. The van der Waals surface area contributed by atoms with E-state index in [9.17, 15) is 36.3 Å². The van der Waals surface area contributed by atoms with Crippen LogP contribution in [0.1, 0.15) is 15.9 Å². The maximum Gasteiger partial charge on any atom is 0.433 e. The molecule has 0 spiro atoms. The number of aromatic nitrogens is 1. The number of halogens is 9. The van der Waals surface area contributed by atoms with Crippen molar-refractivity contribution >= 4 is 70.3 Å². The first-order chi connectivity index (χ1) is 14.7. The van der Waals surface area contributed by atoms with Gasteiger partial charge in [-0.3, -0.25) is 4.79 Å². The number of hydrogen-bond donors (Lipinski definition) is 1. The number of anilines is 1. The third-order valence-electron chi connectivity index (χ3n) is 4.48. The highest BCUT2D eigenvalue weighted by Gasteiger charge is 2.71. The standard InChI is InChI=1S/C19H9Br3F6N2O2/c20-12-7-11(17(23,18(22,24)25)19(26,27)28)8-13(21)15(12)29-16(31)10-3-4-14-9(6-10)2-1-5-30(14)32/h1-8H,(H,29,31). The van der Waals surface area contributed by atoms with Crippen LogP contribution in [0.2, 0.25) is 0 Å². The first-order valence-corrected chi connectivity index (χ1v) is 10.8. The van der Waals surface area contributed by atoms with E-state index in [1.54, 1.807) is 6.07 Å². The van der Waals surface area contributed by atoms with Crippen LogP contribution in [0.3, 0.4) is 0 Å². The van der Waals surface area contributed by atoms with E-state index in [1.165, 1.54) is 46.4 Å². The normalized spacial score (nSPS) is 14.3. The number of amides is 1. The van der Waals surface area contributed by atoms with E-state index in [-0.39, 0.29) is 20.2 Å². The van der Waals surface area contributed by atoms with E-state index in [2.05, 4.69) is 37.2 Å². The van der Waals surface area contributed by atoms with Crippen molar-refractivity contribution in [1.82, 2.24) is 0 Å². The van der Waals surface area contributed by atoms with Gasteiger partial charge in [-0.25, -0.2) is 4.39 Å². The van der Waals surface area contributed by atoms with Crippen molar-refractivity contribution in [3.05, 3.63) is 73.9 Å². The highest BCUT2D eigenvalue weighted by atomic mass is 79.9. The Labute approximate surface area is 201 Å². The molecule has 0 aliphatic carbocycles. The number of nitrogens with one attached hydrogen (secondary N) is 1. The van der Waals surface area contributed by atoms with Crippen molar-refractivity contribution in [2.24, 2.45) is 0 Å². The van der Waals surface area contributed by atoms with Gasteiger partial charge in [0.1, 0.15) is 0 Å². The molecule has 3 rings (SSSR count). The molecule has 4 nitrogen and oxygen atoms in total. The van der Waals surface area contributed by atoms with Crippen LogP contribution in [0.5, 0.6) is 0 Å². The minimum absolute atomic E-state index is 0.105. The number of hydrogen-bond acceptors (Lipinski definition) is 2. The Morgan fingerprint density at radius 1 is 0.969 bits per heavy atom. The van der Waals surface area contributed by atoms with Gasteiger partial charge in [-0.2, -0.15) is 26.7 Å². The summed E-state index contributed by atoms with van der Waals surface area (Å²) in [5.74, 6) is -0.712. The predicted molar refractivity (Wildman–Crippen MR) is 115 cm³/mol. The van der Waals surface area contributed by atoms with E-state index in [0.29, 0.717) is 27.8 Å². The Morgan fingerprint density at radius 2 is 1.56 bits per heavy atom. The second-order valence-electron chi connectivity index (χ2n) is 6.53. The highest BCUT2D eigenvalue weighted by molar-refractivity contribution is 9.11. The molecule has 13 heteroatoms. The Morgan fingerprint density at radius 3 is 2.09 bits per heavy atom. The van der Waals surface area contributed by atoms with Crippen molar-refractivity contribution in [2.75, 3.05) is 5.32 Å². The lowest BCUT2D eigenvalue weighted by Crippen LogP contribution is -2.49. The second-order valence-corrected chi connectivity index (χ2v) is 9.24. The summed E-state index contributed by atoms with van der Waals surface area (Å²) in [7, 11) is 0. The van der Waals surface area contributed by atoms with Gasteiger partial charge in [0.05, 0.1) is 5.69 Å². The van der Waals surface area contributed by atoms with Gasteiger partial charge in [0, 0.05) is 37.6 Å². The van der Waals surface area contributed by atoms with Crippen molar-refractivity contribution in [3.8, 4) is 0 Å². The molecule has 0 aliphatic heterocycles.